The van der Waals surface area contributed by atoms with Gasteiger partial charge in [-0.05, 0) is 26.7 Å². The van der Waals surface area contributed by atoms with Crippen molar-refractivity contribution >= 4 is 11.8 Å². The zero-order chi connectivity index (χ0) is 14.0. The number of carboxylic acids is 1. The third kappa shape index (κ3) is 2.83. The molecule has 0 saturated heterocycles. The Morgan fingerprint density at radius 3 is 2.33 bits per heavy atom. The molecular formula is C13H23N3O2. The molecule has 1 aromatic heterocycles. The monoisotopic (exact) mass is 253 g/mol. The van der Waals surface area contributed by atoms with Gasteiger partial charge >= 0.3 is 5.97 Å². The fourth-order valence-corrected chi connectivity index (χ4v) is 2.16. The van der Waals surface area contributed by atoms with Crippen molar-refractivity contribution in [2.45, 2.75) is 40.7 Å². The Kier molecular flexibility index (Phi) is 4.38. The summed E-state index contributed by atoms with van der Waals surface area (Å²) < 4.78 is 1.67. The van der Waals surface area contributed by atoms with E-state index in [1.54, 1.807) is 18.7 Å². The lowest BCUT2D eigenvalue weighted by molar-refractivity contribution is 0.0696. The predicted molar refractivity (Wildman–Crippen MR) is 72.2 cm³/mol. The van der Waals surface area contributed by atoms with Crippen molar-refractivity contribution in [3.63, 3.8) is 0 Å². The summed E-state index contributed by atoms with van der Waals surface area (Å²) >= 11 is 0. The van der Waals surface area contributed by atoms with Gasteiger partial charge in [0, 0.05) is 19.6 Å². The zero-order valence-corrected chi connectivity index (χ0v) is 12.1. The minimum atomic E-state index is -0.912. The number of hydrogen-bond acceptors (Lipinski definition) is 3. The molecule has 5 heteroatoms. The molecule has 0 saturated carbocycles. The molecule has 0 amide bonds. The summed E-state index contributed by atoms with van der Waals surface area (Å²) in [6.07, 6.45) is 0. The van der Waals surface area contributed by atoms with E-state index in [-0.39, 0.29) is 6.04 Å². The summed E-state index contributed by atoms with van der Waals surface area (Å²) in [7, 11) is 1.80. The van der Waals surface area contributed by atoms with Crippen LogP contribution in [0.5, 0.6) is 0 Å². The lowest BCUT2D eigenvalue weighted by Crippen LogP contribution is -2.36. The molecule has 1 rings (SSSR count). The van der Waals surface area contributed by atoms with Crippen LogP contribution in [-0.2, 0) is 7.05 Å². The van der Waals surface area contributed by atoms with Gasteiger partial charge in [-0.3, -0.25) is 4.68 Å². The number of aryl methyl sites for hydroxylation is 2. The molecule has 0 radical (unpaired) electrons. The quantitative estimate of drug-likeness (QED) is 0.874. The number of rotatable bonds is 5. The number of carbonyl (C=O) groups is 1. The van der Waals surface area contributed by atoms with Gasteiger partial charge < -0.3 is 10.0 Å². The molecule has 0 bridgehead atoms. The Hall–Kier alpha value is -1.52. The highest BCUT2D eigenvalue weighted by molar-refractivity contribution is 5.95. The normalized spacial score (nSPS) is 11.3. The van der Waals surface area contributed by atoms with Crippen molar-refractivity contribution in [1.29, 1.82) is 0 Å². The van der Waals surface area contributed by atoms with E-state index < -0.39 is 5.97 Å². The Bertz CT molecular complexity index is 436. The number of hydrogen-bond donors (Lipinski definition) is 1. The van der Waals surface area contributed by atoms with Gasteiger partial charge in [-0.25, -0.2) is 4.79 Å². The van der Waals surface area contributed by atoms with E-state index in [2.05, 4.69) is 37.7 Å². The Balaban J connectivity index is 3.31. The first-order valence-corrected chi connectivity index (χ1v) is 6.29. The van der Waals surface area contributed by atoms with Crippen LogP contribution in [0.25, 0.3) is 0 Å². The van der Waals surface area contributed by atoms with Crippen molar-refractivity contribution in [1.82, 2.24) is 9.78 Å². The predicted octanol–water partition coefficient (Wildman–Crippen LogP) is 2.30. The maximum atomic E-state index is 11.4. The summed E-state index contributed by atoms with van der Waals surface area (Å²) in [4.78, 5) is 13.5. The topological polar surface area (TPSA) is 58.4 Å². The first kappa shape index (κ1) is 14.5. The zero-order valence-electron chi connectivity index (χ0n) is 12.1. The largest absolute Gasteiger partial charge is 0.477 e. The molecule has 1 aromatic rings. The van der Waals surface area contributed by atoms with Crippen LogP contribution in [0.1, 0.15) is 43.7 Å². The van der Waals surface area contributed by atoms with Crippen molar-refractivity contribution in [2.75, 3.05) is 11.4 Å². The van der Waals surface area contributed by atoms with Gasteiger partial charge in [-0.2, -0.15) is 5.10 Å². The molecule has 1 heterocycles. The third-order valence-electron chi connectivity index (χ3n) is 2.86. The summed E-state index contributed by atoms with van der Waals surface area (Å²) in [5.74, 6) is 0.248. The number of aromatic nitrogens is 2. The van der Waals surface area contributed by atoms with E-state index in [1.807, 2.05) is 0 Å². The van der Waals surface area contributed by atoms with Gasteiger partial charge in [0.15, 0.2) is 0 Å². The molecule has 18 heavy (non-hydrogen) atoms. The van der Waals surface area contributed by atoms with E-state index in [4.69, 9.17) is 0 Å². The summed E-state index contributed by atoms with van der Waals surface area (Å²) in [6.45, 7) is 10.9. The fraction of sp³-hybridized carbons (Fsp3) is 0.692. The number of aromatic carboxylic acids is 1. The third-order valence-corrected chi connectivity index (χ3v) is 2.86. The highest BCUT2D eigenvalue weighted by Gasteiger charge is 2.26. The molecular weight excluding hydrogens is 230 g/mol. The average molecular weight is 253 g/mol. The lowest BCUT2D eigenvalue weighted by Gasteiger charge is -2.30. The fourth-order valence-electron chi connectivity index (χ4n) is 2.16. The number of nitrogens with zero attached hydrogens (tertiary/aromatic N) is 3. The van der Waals surface area contributed by atoms with Crippen LogP contribution in [-0.4, -0.2) is 33.4 Å². The minimum Gasteiger partial charge on any atom is -0.477 e. The van der Waals surface area contributed by atoms with Gasteiger partial charge in [0.1, 0.15) is 11.4 Å². The van der Waals surface area contributed by atoms with E-state index >= 15 is 0 Å². The van der Waals surface area contributed by atoms with Crippen LogP contribution in [0.4, 0.5) is 5.82 Å². The molecule has 0 aliphatic rings. The second-order valence-electron chi connectivity index (χ2n) is 5.35. The smallest absolute Gasteiger partial charge is 0.341 e. The Morgan fingerprint density at radius 2 is 1.94 bits per heavy atom. The SMILES string of the molecule is Cc1nn(C)c(N(CC(C)C)C(C)C)c1C(=O)O. The van der Waals surface area contributed by atoms with Crippen molar-refractivity contribution in [3.05, 3.63) is 11.3 Å². The maximum absolute atomic E-state index is 11.4. The molecule has 0 aliphatic carbocycles. The highest BCUT2D eigenvalue weighted by Crippen LogP contribution is 2.25. The van der Waals surface area contributed by atoms with Gasteiger partial charge in [0.05, 0.1) is 5.69 Å². The van der Waals surface area contributed by atoms with E-state index in [9.17, 15) is 9.90 Å². The van der Waals surface area contributed by atoms with Crippen molar-refractivity contribution in [3.8, 4) is 0 Å². The molecule has 0 aliphatic heterocycles. The minimum absolute atomic E-state index is 0.236. The number of carboxylic acid groups (broad SMARTS) is 1. The standard InChI is InChI=1S/C13H23N3O2/c1-8(2)7-16(9(3)4)12-11(13(17)18)10(5)14-15(12)6/h8-9H,7H2,1-6H3,(H,17,18). The molecule has 0 aromatic carbocycles. The van der Waals surface area contributed by atoms with E-state index in [0.29, 0.717) is 23.0 Å². The lowest BCUT2D eigenvalue weighted by atomic mass is 10.1. The van der Waals surface area contributed by atoms with Crippen molar-refractivity contribution in [2.24, 2.45) is 13.0 Å². The summed E-state index contributed by atoms with van der Waals surface area (Å²) in [6, 6.07) is 0.236. The van der Waals surface area contributed by atoms with Crippen LogP contribution < -0.4 is 4.90 Å². The van der Waals surface area contributed by atoms with E-state index in [0.717, 1.165) is 6.54 Å². The molecule has 0 spiro atoms. The van der Waals surface area contributed by atoms with Gasteiger partial charge in [0.25, 0.3) is 0 Å². The molecule has 0 atom stereocenters. The first-order valence-electron chi connectivity index (χ1n) is 6.29. The second-order valence-corrected chi connectivity index (χ2v) is 5.35. The molecule has 0 fully saturated rings. The van der Waals surface area contributed by atoms with Crippen LogP contribution in [0, 0.1) is 12.8 Å². The molecule has 0 unspecified atom stereocenters. The Morgan fingerprint density at radius 1 is 1.39 bits per heavy atom. The summed E-state index contributed by atoms with van der Waals surface area (Å²) in [5, 5.41) is 13.6. The van der Waals surface area contributed by atoms with Crippen molar-refractivity contribution < 1.29 is 9.90 Å². The van der Waals surface area contributed by atoms with Crippen LogP contribution in [0.2, 0.25) is 0 Å². The maximum Gasteiger partial charge on any atom is 0.341 e. The van der Waals surface area contributed by atoms with Crippen LogP contribution in [0.3, 0.4) is 0 Å². The molecule has 1 N–H and O–H groups in total. The average Bonchev–Trinajstić information content (AvgIpc) is 2.49. The van der Waals surface area contributed by atoms with Gasteiger partial charge in [-0.1, -0.05) is 13.8 Å². The van der Waals surface area contributed by atoms with Gasteiger partial charge in [-0.15, -0.1) is 0 Å². The van der Waals surface area contributed by atoms with Gasteiger partial charge in [0.2, 0.25) is 0 Å². The molecule has 5 nitrogen and oxygen atoms in total. The Labute approximate surface area is 108 Å². The van der Waals surface area contributed by atoms with E-state index in [1.165, 1.54) is 0 Å². The highest BCUT2D eigenvalue weighted by atomic mass is 16.4. The number of anilines is 1. The summed E-state index contributed by atoms with van der Waals surface area (Å²) in [5.41, 5.74) is 0.876. The van der Waals surface area contributed by atoms with Crippen LogP contribution >= 0.6 is 0 Å². The molecule has 102 valence electrons. The second kappa shape index (κ2) is 5.42. The van der Waals surface area contributed by atoms with Crippen LogP contribution in [0.15, 0.2) is 0 Å². The first-order chi connectivity index (χ1) is 8.25.